The fourth-order valence-electron chi connectivity index (χ4n) is 2.09. The summed E-state index contributed by atoms with van der Waals surface area (Å²) in [6, 6.07) is 7.72. The maximum Gasteiger partial charge on any atom is 0.239 e. The molecular weight excluding hydrogens is 264 g/mol. The minimum Gasteiger partial charge on any atom is -0.350 e. The van der Waals surface area contributed by atoms with Crippen LogP contribution in [0, 0.1) is 0 Å². The molecule has 0 spiro atoms. The Balaban J connectivity index is 2.17. The van der Waals surface area contributed by atoms with Gasteiger partial charge in [0, 0.05) is 12.1 Å². The van der Waals surface area contributed by atoms with Crippen molar-refractivity contribution in [2.24, 2.45) is 0 Å². The summed E-state index contributed by atoms with van der Waals surface area (Å²) < 4.78 is 0. The third-order valence-corrected chi connectivity index (χ3v) is 2.99. The van der Waals surface area contributed by atoms with Gasteiger partial charge in [0.1, 0.15) is 5.82 Å². The van der Waals surface area contributed by atoms with Gasteiger partial charge in [-0.2, -0.15) is 0 Å². The van der Waals surface area contributed by atoms with Gasteiger partial charge in [-0.15, -0.1) is 0 Å². The third kappa shape index (κ3) is 4.15. The lowest BCUT2D eigenvalue weighted by atomic mass is 10.1. The highest BCUT2D eigenvalue weighted by atomic mass is 16.2. The Morgan fingerprint density at radius 1 is 1.24 bits per heavy atom. The SMILES string of the molecule is CCN(CC(=O)NC(C)(C)C)c1cnc2ccccc2n1. The first-order chi connectivity index (χ1) is 9.89. The van der Waals surface area contributed by atoms with Crippen molar-refractivity contribution >= 4 is 22.8 Å². The maximum absolute atomic E-state index is 12.1. The van der Waals surface area contributed by atoms with Crippen LogP contribution >= 0.6 is 0 Å². The van der Waals surface area contributed by atoms with Crippen molar-refractivity contribution in [2.45, 2.75) is 33.2 Å². The molecule has 5 nitrogen and oxygen atoms in total. The molecule has 0 atom stereocenters. The van der Waals surface area contributed by atoms with Gasteiger partial charge in [-0.05, 0) is 39.8 Å². The molecular formula is C16H22N4O. The second-order valence-electron chi connectivity index (χ2n) is 6.03. The van der Waals surface area contributed by atoms with Gasteiger partial charge in [0.25, 0.3) is 0 Å². The molecule has 112 valence electrons. The second-order valence-corrected chi connectivity index (χ2v) is 6.03. The largest absolute Gasteiger partial charge is 0.350 e. The average molecular weight is 286 g/mol. The van der Waals surface area contributed by atoms with Crippen molar-refractivity contribution in [3.05, 3.63) is 30.5 Å². The zero-order valence-corrected chi connectivity index (χ0v) is 13.1. The Labute approximate surface area is 125 Å². The van der Waals surface area contributed by atoms with Crippen LogP contribution in [0.3, 0.4) is 0 Å². The molecule has 0 aliphatic heterocycles. The van der Waals surface area contributed by atoms with E-state index in [0.29, 0.717) is 6.54 Å². The van der Waals surface area contributed by atoms with Crippen LogP contribution in [0.5, 0.6) is 0 Å². The normalized spacial score (nSPS) is 11.4. The summed E-state index contributed by atoms with van der Waals surface area (Å²) in [4.78, 5) is 23.0. The number of hydrogen-bond donors (Lipinski definition) is 1. The number of amides is 1. The lowest BCUT2D eigenvalue weighted by Gasteiger charge is -2.25. The summed E-state index contributed by atoms with van der Waals surface area (Å²) in [5, 5.41) is 2.96. The van der Waals surface area contributed by atoms with Crippen molar-refractivity contribution in [2.75, 3.05) is 18.0 Å². The third-order valence-electron chi connectivity index (χ3n) is 2.99. The Hall–Kier alpha value is -2.17. The molecule has 5 heteroatoms. The van der Waals surface area contributed by atoms with Crippen LogP contribution in [0.4, 0.5) is 5.82 Å². The number of carbonyl (C=O) groups is 1. The Morgan fingerprint density at radius 2 is 1.90 bits per heavy atom. The number of likely N-dealkylation sites (N-methyl/N-ethyl adjacent to an activating group) is 1. The zero-order valence-electron chi connectivity index (χ0n) is 13.1. The van der Waals surface area contributed by atoms with E-state index in [0.717, 1.165) is 16.9 Å². The van der Waals surface area contributed by atoms with E-state index in [-0.39, 0.29) is 18.0 Å². The molecule has 1 aromatic heterocycles. The van der Waals surface area contributed by atoms with Crippen molar-refractivity contribution in [1.82, 2.24) is 15.3 Å². The van der Waals surface area contributed by atoms with Gasteiger partial charge < -0.3 is 10.2 Å². The molecule has 1 heterocycles. The van der Waals surface area contributed by atoms with Crippen LogP contribution in [0.1, 0.15) is 27.7 Å². The lowest BCUT2D eigenvalue weighted by molar-refractivity contribution is -0.121. The Morgan fingerprint density at radius 3 is 2.52 bits per heavy atom. The minimum absolute atomic E-state index is 0.0145. The first kappa shape index (κ1) is 15.2. The fraction of sp³-hybridized carbons (Fsp3) is 0.438. The summed E-state index contributed by atoms with van der Waals surface area (Å²) in [6.07, 6.45) is 1.72. The van der Waals surface area contributed by atoms with Gasteiger partial charge >= 0.3 is 0 Å². The smallest absolute Gasteiger partial charge is 0.239 e. The summed E-state index contributed by atoms with van der Waals surface area (Å²) >= 11 is 0. The number of anilines is 1. The Bertz CT molecular complexity index is 633. The monoisotopic (exact) mass is 286 g/mol. The van der Waals surface area contributed by atoms with Crippen LogP contribution in [0.25, 0.3) is 11.0 Å². The molecule has 0 saturated carbocycles. The number of aromatic nitrogens is 2. The number of benzene rings is 1. The number of rotatable bonds is 4. The van der Waals surface area contributed by atoms with Gasteiger partial charge in [0.05, 0.1) is 23.8 Å². The van der Waals surface area contributed by atoms with Crippen molar-refractivity contribution in [3.8, 4) is 0 Å². The second kappa shape index (κ2) is 6.08. The molecule has 0 bridgehead atoms. The van der Waals surface area contributed by atoms with Gasteiger partial charge in [-0.1, -0.05) is 12.1 Å². The van der Waals surface area contributed by atoms with E-state index in [1.54, 1.807) is 6.20 Å². The van der Waals surface area contributed by atoms with Gasteiger partial charge in [-0.25, -0.2) is 4.98 Å². The molecule has 0 aliphatic rings. The quantitative estimate of drug-likeness (QED) is 0.937. The van der Waals surface area contributed by atoms with Gasteiger partial charge in [-0.3, -0.25) is 9.78 Å². The topological polar surface area (TPSA) is 58.1 Å². The first-order valence-corrected chi connectivity index (χ1v) is 7.17. The zero-order chi connectivity index (χ0) is 15.5. The molecule has 1 N–H and O–H groups in total. The van der Waals surface area contributed by atoms with Crippen LogP contribution in [-0.4, -0.2) is 34.5 Å². The molecule has 0 aliphatic carbocycles. The van der Waals surface area contributed by atoms with E-state index in [1.165, 1.54) is 0 Å². The molecule has 1 amide bonds. The maximum atomic E-state index is 12.1. The van der Waals surface area contributed by atoms with Crippen LogP contribution in [0.2, 0.25) is 0 Å². The highest BCUT2D eigenvalue weighted by Crippen LogP contribution is 2.15. The number of para-hydroxylation sites is 2. The van der Waals surface area contributed by atoms with Crippen molar-refractivity contribution in [3.63, 3.8) is 0 Å². The van der Waals surface area contributed by atoms with Crippen LogP contribution < -0.4 is 10.2 Å². The molecule has 0 unspecified atom stereocenters. The van der Waals surface area contributed by atoms with E-state index < -0.39 is 0 Å². The van der Waals surface area contributed by atoms with Gasteiger partial charge in [0.2, 0.25) is 5.91 Å². The number of carbonyl (C=O) groups excluding carboxylic acids is 1. The summed E-state index contributed by atoms with van der Waals surface area (Å²) in [7, 11) is 0. The first-order valence-electron chi connectivity index (χ1n) is 7.17. The number of hydrogen-bond acceptors (Lipinski definition) is 4. The summed E-state index contributed by atoms with van der Waals surface area (Å²) in [6.45, 7) is 8.89. The highest BCUT2D eigenvalue weighted by molar-refractivity contribution is 5.82. The van der Waals surface area contributed by atoms with E-state index in [9.17, 15) is 4.79 Å². The fourth-order valence-corrected chi connectivity index (χ4v) is 2.09. The standard InChI is InChI=1S/C16H22N4O/c1-5-20(11-15(21)19-16(2,3)4)14-10-17-12-8-6-7-9-13(12)18-14/h6-10H,5,11H2,1-4H3,(H,19,21). The number of nitrogens with zero attached hydrogens (tertiary/aromatic N) is 3. The van der Waals surface area contributed by atoms with Gasteiger partial charge in [0.15, 0.2) is 0 Å². The van der Waals surface area contributed by atoms with E-state index >= 15 is 0 Å². The van der Waals surface area contributed by atoms with Crippen molar-refractivity contribution < 1.29 is 4.79 Å². The van der Waals surface area contributed by atoms with Crippen LogP contribution in [-0.2, 0) is 4.79 Å². The van der Waals surface area contributed by atoms with Crippen LogP contribution in [0.15, 0.2) is 30.5 Å². The van der Waals surface area contributed by atoms with E-state index in [4.69, 9.17) is 0 Å². The predicted octanol–water partition coefficient (Wildman–Crippen LogP) is 2.37. The van der Waals surface area contributed by atoms with E-state index in [1.807, 2.05) is 56.9 Å². The molecule has 0 saturated heterocycles. The average Bonchev–Trinajstić information content (AvgIpc) is 2.42. The molecule has 1 aromatic carbocycles. The highest BCUT2D eigenvalue weighted by Gasteiger charge is 2.17. The summed E-state index contributed by atoms with van der Waals surface area (Å²) in [5.74, 6) is 0.708. The minimum atomic E-state index is -0.231. The molecule has 21 heavy (non-hydrogen) atoms. The molecule has 0 radical (unpaired) electrons. The Kier molecular flexibility index (Phi) is 4.40. The summed E-state index contributed by atoms with van der Waals surface area (Å²) in [5.41, 5.74) is 1.46. The predicted molar refractivity (Wildman–Crippen MR) is 85.3 cm³/mol. The molecule has 2 aromatic rings. The number of fused-ring (bicyclic) bond motifs is 1. The molecule has 2 rings (SSSR count). The van der Waals surface area contributed by atoms with E-state index in [2.05, 4.69) is 15.3 Å². The number of nitrogens with one attached hydrogen (secondary N) is 1. The lowest BCUT2D eigenvalue weighted by Crippen LogP contribution is -2.46. The molecule has 0 fully saturated rings. The van der Waals surface area contributed by atoms with Crippen molar-refractivity contribution in [1.29, 1.82) is 0 Å².